The lowest BCUT2D eigenvalue weighted by Crippen LogP contribution is -2.06. The van der Waals surface area contributed by atoms with Gasteiger partial charge in [-0.2, -0.15) is 0 Å². The van der Waals surface area contributed by atoms with Gasteiger partial charge in [0.25, 0.3) is 0 Å². The third-order valence-electron chi connectivity index (χ3n) is 2.57. The molecule has 0 bridgehead atoms. The van der Waals surface area contributed by atoms with Crippen molar-refractivity contribution >= 4 is 5.97 Å². The van der Waals surface area contributed by atoms with Gasteiger partial charge in [0.1, 0.15) is 0 Å². The van der Waals surface area contributed by atoms with E-state index in [1.54, 1.807) is 30.3 Å². The molecule has 2 rings (SSSR count). The van der Waals surface area contributed by atoms with E-state index < -0.39 is 23.2 Å². The molecule has 0 aliphatic rings. The third kappa shape index (κ3) is 2.09. The maximum atomic E-state index is 13.9. The van der Waals surface area contributed by atoms with Crippen LogP contribution < -0.4 is 0 Å². The maximum absolute atomic E-state index is 13.9. The van der Waals surface area contributed by atoms with Crippen molar-refractivity contribution in [2.24, 2.45) is 0 Å². The highest BCUT2D eigenvalue weighted by Gasteiger charge is 2.19. The van der Waals surface area contributed by atoms with Crippen molar-refractivity contribution in [3.8, 4) is 11.1 Å². The molecule has 0 atom stereocenters. The summed E-state index contributed by atoms with van der Waals surface area (Å²) < 4.78 is 31.9. The largest absolute Gasteiger partial charge is 0.465 e. The summed E-state index contributed by atoms with van der Waals surface area (Å²) in [7, 11) is 1.12. The fraction of sp³-hybridized carbons (Fsp3) is 0.0714. The number of methoxy groups -OCH3 is 1. The first kappa shape index (κ1) is 12.2. The van der Waals surface area contributed by atoms with Crippen LogP contribution in [0.5, 0.6) is 0 Å². The summed E-state index contributed by atoms with van der Waals surface area (Å²) in [5.74, 6) is -3.14. The molecule has 2 aromatic carbocycles. The van der Waals surface area contributed by atoms with Crippen LogP contribution in [0.3, 0.4) is 0 Å². The van der Waals surface area contributed by atoms with Gasteiger partial charge in [-0.3, -0.25) is 0 Å². The summed E-state index contributed by atoms with van der Waals surface area (Å²) in [6.45, 7) is 0. The minimum absolute atomic E-state index is 0.112. The Bertz CT molecular complexity index is 580. The van der Waals surface area contributed by atoms with Gasteiger partial charge in [0.05, 0.1) is 12.7 Å². The molecule has 92 valence electrons. The van der Waals surface area contributed by atoms with E-state index in [9.17, 15) is 13.6 Å². The molecule has 0 aromatic heterocycles. The highest BCUT2D eigenvalue weighted by atomic mass is 19.2. The Balaban J connectivity index is 2.54. The number of halogens is 2. The van der Waals surface area contributed by atoms with Gasteiger partial charge in [-0.15, -0.1) is 0 Å². The summed E-state index contributed by atoms with van der Waals surface area (Å²) >= 11 is 0. The molecular weight excluding hydrogens is 238 g/mol. The average Bonchev–Trinajstić information content (AvgIpc) is 2.42. The molecule has 0 heterocycles. The van der Waals surface area contributed by atoms with E-state index in [1.165, 1.54) is 12.1 Å². The number of ether oxygens (including phenoxy) is 1. The predicted molar refractivity (Wildman–Crippen MR) is 63.1 cm³/mol. The summed E-state index contributed by atoms with van der Waals surface area (Å²) in [5, 5.41) is 0. The molecule has 18 heavy (non-hydrogen) atoms. The van der Waals surface area contributed by atoms with Crippen molar-refractivity contribution in [2.45, 2.75) is 0 Å². The predicted octanol–water partition coefficient (Wildman–Crippen LogP) is 3.42. The van der Waals surface area contributed by atoms with Gasteiger partial charge in [-0.05, 0) is 11.6 Å². The minimum Gasteiger partial charge on any atom is -0.465 e. The molecule has 0 spiro atoms. The van der Waals surface area contributed by atoms with E-state index in [-0.39, 0.29) is 5.56 Å². The second kappa shape index (κ2) is 4.96. The van der Waals surface area contributed by atoms with E-state index in [0.717, 1.165) is 7.11 Å². The number of esters is 1. The van der Waals surface area contributed by atoms with Gasteiger partial charge in [0, 0.05) is 5.56 Å². The number of hydrogen-bond acceptors (Lipinski definition) is 2. The molecule has 0 aliphatic carbocycles. The van der Waals surface area contributed by atoms with Crippen molar-refractivity contribution < 1.29 is 18.3 Å². The number of carbonyl (C=O) groups excluding carboxylic acids is 1. The lowest BCUT2D eigenvalue weighted by atomic mass is 10.0. The fourth-order valence-corrected chi connectivity index (χ4v) is 1.66. The SMILES string of the molecule is COC(=O)c1ccc(-c2ccccc2)c(F)c1F. The quantitative estimate of drug-likeness (QED) is 0.761. The molecule has 0 N–H and O–H groups in total. The monoisotopic (exact) mass is 248 g/mol. The van der Waals surface area contributed by atoms with Crippen LogP contribution in [0, 0.1) is 11.6 Å². The number of benzene rings is 2. The fourth-order valence-electron chi connectivity index (χ4n) is 1.66. The molecule has 0 radical (unpaired) electrons. The molecule has 2 nitrogen and oxygen atoms in total. The number of rotatable bonds is 2. The second-order valence-electron chi connectivity index (χ2n) is 3.65. The topological polar surface area (TPSA) is 26.3 Å². The van der Waals surface area contributed by atoms with Crippen molar-refractivity contribution in [3.05, 3.63) is 59.7 Å². The Morgan fingerprint density at radius 2 is 1.67 bits per heavy atom. The summed E-state index contributed by atoms with van der Waals surface area (Å²) in [5.41, 5.74) is 0.251. The van der Waals surface area contributed by atoms with Crippen LogP contribution >= 0.6 is 0 Å². The van der Waals surface area contributed by atoms with Gasteiger partial charge >= 0.3 is 5.97 Å². The zero-order valence-electron chi connectivity index (χ0n) is 9.61. The van der Waals surface area contributed by atoms with Crippen LogP contribution in [0.25, 0.3) is 11.1 Å². The summed E-state index contributed by atoms with van der Waals surface area (Å²) in [6, 6.07) is 11.1. The zero-order valence-corrected chi connectivity index (χ0v) is 9.61. The highest BCUT2D eigenvalue weighted by molar-refractivity contribution is 5.90. The van der Waals surface area contributed by atoms with Crippen LogP contribution in [-0.4, -0.2) is 13.1 Å². The minimum atomic E-state index is -1.19. The van der Waals surface area contributed by atoms with Gasteiger partial charge in [0.15, 0.2) is 11.6 Å². The van der Waals surface area contributed by atoms with E-state index in [1.807, 2.05) is 0 Å². The van der Waals surface area contributed by atoms with Crippen LogP contribution in [-0.2, 0) is 4.74 Å². The van der Waals surface area contributed by atoms with E-state index in [2.05, 4.69) is 4.74 Å². The van der Waals surface area contributed by atoms with Gasteiger partial charge in [-0.25, -0.2) is 13.6 Å². The van der Waals surface area contributed by atoms with Crippen LogP contribution in [0.4, 0.5) is 8.78 Å². The summed E-state index contributed by atoms with van der Waals surface area (Å²) in [4.78, 5) is 11.2. The Hall–Kier alpha value is -2.23. The molecule has 0 amide bonds. The summed E-state index contributed by atoms with van der Waals surface area (Å²) in [6.07, 6.45) is 0. The molecule has 4 heteroatoms. The van der Waals surface area contributed by atoms with Crippen molar-refractivity contribution in [1.82, 2.24) is 0 Å². The third-order valence-corrected chi connectivity index (χ3v) is 2.57. The van der Waals surface area contributed by atoms with E-state index in [0.29, 0.717) is 5.56 Å². The molecule has 0 aliphatic heterocycles. The Kier molecular flexibility index (Phi) is 3.37. The van der Waals surface area contributed by atoms with Gasteiger partial charge < -0.3 is 4.74 Å². The van der Waals surface area contributed by atoms with E-state index in [4.69, 9.17) is 0 Å². The molecule has 0 saturated heterocycles. The van der Waals surface area contributed by atoms with Crippen molar-refractivity contribution in [2.75, 3.05) is 7.11 Å². The molecular formula is C14H10F2O2. The zero-order chi connectivity index (χ0) is 13.1. The van der Waals surface area contributed by atoms with Gasteiger partial charge in [-0.1, -0.05) is 36.4 Å². The molecule has 0 fully saturated rings. The van der Waals surface area contributed by atoms with Crippen LogP contribution in [0.1, 0.15) is 10.4 Å². The number of hydrogen-bond donors (Lipinski definition) is 0. The molecule has 2 aromatic rings. The molecule has 0 unspecified atom stereocenters. The first-order valence-electron chi connectivity index (χ1n) is 5.27. The first-order chi connectivity index (χ1) is 8.65. The Labute approximate surface area is 103 Å². The molecule has 0 saturated carbocycles. The standard InChI is InChI=1S/C14H10F2O2/c1-18-14(17)11-8-7-10(12(15)13(11)16)9-5-3-2-4-6-9/h2-8H,1H3. The van der Waals surface area contributed by atoms with Crippen LogP contribution in [0.2, 0.25) is 0 Å². The van der Waals surface area contributed by atoms with E-state index >= 15 is 0 Å². The van der Waals surface area contributed by atoms with Gasteiger partial charge in [0.2, 0.25) is 0 Å². The Morgan fingerprint density at radius 1 is 1.00 bits per heavy atom. The average molecular weight is 248 g/mol. The maximum Gasteiger partial charge on any atom is 0.340 e. The Morgan fingerprint density at radius 3 is 2.28 bits per heavy atom. The second-order valence-corrected chi connectivity index (χ2v) is 3.65. The van der Waals surface area contributed by atoms with Crippen LogP contribution in [0.15, 0.2) is 42.5 Å². The smallest absolute Gasteiger partial charge is 0.340 e. The lowest BCUT2D eigenvalue weighted by Gasteiger charge is -2.07. The lowest BCUT2D eigenvalue weighted by molar-refractivity contribution is 0.0594. The van der Waals surface area contributed by atoms with Crippen molar-refractivity contribution in [3.63, 3.8) is 0 Å². The first-order valence-corrected chi connectivity index (χ1v) is 5.27. The van der Waals surface area contributed by atoms with Crippen molar-refractivity contribution in [1.29, 1.82) is 0 Å². The number of carbonyl (C=O) groups is 1. The normalized spacial score (nSPS) is 10.2. The highest BCUT2D eigenvalue weighted by Crippen LogP contribution is 2.26.